The van der Waals surface area contributed by atoms with Crippen LogP contribution in [-0.4, -0.2) is 29.0 Å². The van der Waals surface area contributed by atoms with Crippen LogP contribution >= 0.6 is 0 Å². The number of piperidine rings is 3. The molecule has 0 spiro atoms. The predicted octanol–water partition coefficient (Wildman–Crippen LogP) is 2.84. The SMILES string of the molecule is C=CC(c1cccnc1)C1CC2CCN1CC2. The van der Waals surface area contributed by atoms with Crippen LogP contribution in [0, 0.1) is 5.92 Å². The Balaban J connectivity index is 1.84. The van der Waals surface area contributed by atoms with Gasteiger partial charge in [-0.15, -0.1) is 6.58 Å². The summed E-state index contributed by atoms with van der Waals surface area (Å²) in [5.74, 6) is 1.40. The monoisotopic (exact) mass is 228 g/mol. The van der Waals surface area contributed by atoms with E-state index in [4.69, 9.17) is 0 Å². The fourth-order valence-electron chi connectivity index (χ4n) is 3.47. The van der Waals surface area contributed by atoms with Crippen LogP contribution in [0.4, 0.5) is 0 Å². The lowest BCUT2D eigenvalue weighted by atomic mass is 9.76. The van der Waals surface area contributed by atoms with Gasteiger partial charge in [0.1, 0.15) is 0 Å². The first kappa shape index (κ1) is 11.0. The van der Waals surface area contributed by atoms with Crippen molar-refractivity contribution in [2.24, 2.45) is 5.92 Å². The molecule has 1 aromatic rings. The van der Waals surface area contributed by atoms with Crippen molar-refractivity contribution in [2.45, 2.75) is 31.2 Å². The normalized spacial score (nSPS) is 33.3. The molecule has 2 bridgehead atoms. The molecule has 2 nitrogen and oxygen atoms in total. The number of pyridine rings is 1. The fraction of sp³-hybridized carbons (Fsp3) is 0.533. The van der Waals surface area contributed by atoms with Gasteiger partial charge >= 0.3 is 0 Å². The highest BCUT2D eigenvalue weighted by Crippen LogP contribution is 2.38. The van der Waals surface area contributed by atoms with E-state index in [2.05, 4.69) is 28.6 Å². The number of nitrogens with zero attached hydrogens (tertiary/aromatic N) is 2. The van der Waals surface area contributed by atoms with Crippen molar-refractivity contribution >= 4 is 0 Å². The first-order valence-corrected chi connectivity index (χ1v) is 6.65. The van der Waals surface area contributed by atoms with Crippen LogP contribution in [0.1, 0.15) is 30.7 Å². The van der Waals surface area contributed by atoms with Gasteiger partial charge in [-0.05, 0) is 49.9 Å². The summed E-state index contributed by atoms with van der Waals surface area (Å²) >= 11 is 0. The van der Waals surface area contributed by atoms with Gasteiger partial charge in [0.25, 0.3) is 0 Å². The fourth-order valence-corrected chi connectivity index (χ4v) is 3.47. The molecule has 0 aliphatic carbocycles. The Kier molecular flexibility index (Phi) is 2.98. The minimum atomic E-state index is 0.451. The van der Waals surface area contributed by atoms with E-state index in [1.807, 2.05) is 18.5 Å². The molecule has 1 aromatic heterocycles. The maximum atomic E-state index is 4.24. The van der Waals surface area contributed by atoms with Gasteiger partial charge in [0.15, 0.2) is 0 Å². The lowest BCUT2D eigenvalue weighted by Crippen LogP contribution is -2.50. The summed E-state index contributed by atoms with van der Waals surface area (Å²) in [7, 11) is 0. The topological polar surface area (TPSA) is 16.1 Å². The van der Waals surface area contributed by atoms with Crippen LogP contribution in [0.2, 0.25) is 0 Å². The van der Waals surface area contributed by atoms with E-state index in [-0.39, 0.29) is 0 Å². The maximum absolute atomic E-state index is 4.24. The van der Waals surface area contributed by atoms with Crippen molar-refractivity contribution in [1.29, 1.82) is 0 Å². The molecule has 2 heteroatoms. The summed E-state index contributed by atoms with van der Waals surface area (Å²) in [6.07, 6.45) is 10.1. The second-order valence-electron chi connectivity index (χ2n) is 5.33. The minimum Gasteiger partial charge on any atom is -0.299 e. The van der Waals surface area contributed by atoms with E-state index in [0.29, 0.717) is 12.0 Å². The molecule has 3 saturated heterocycles. The third-order valence-electron chi connectivity index (χ3n) is 4.43. The quantitative estimate of drug-likeness (QED) is 0.740. The van der Waals surface area contributed by atoms with Gasteiger partial charge in [0.05, 0.1) is 0 Å². The molecule has 3 fully saturated rings. The molecule has 0 saturated carbocycles. The number of hydrogen-bond donors (Lipinski definition) is 0. The van der Waals surface area contributed by atoms with E-state index in [9.17, 15) is 0 Å². The van der Waals surface area contributed by atoms with Crippen LogP contribution in [-0.2, 0) is 0 Å². The number of aromatic nitrogens is 1. The van der Waals surface area contributed by atoms with E-state index < -0.39 is 0 Å². The summed E-state index contributed by atoms with van der Waals surface area (Å²) in [5, 5.41) is 0. The zero-order valence-electron chi connectivity index (χ0n) is 10.3. The first-order chi connectivity index (χ1) is 8.38. The van der Waals surface area contributed by atoms with Crippen LogP contribution in [0.15, 0.2) is 37.2 Å². The Labute approximate surface area is 103 Å². The molecule has 17 heavy (non-hydrogen) atoms. The Morgan fingerprint density at radius 2 is 2.24 bits per heavy atom. The van der Waals surface area contributed by atoms with E-state index in [1.165, 1.54) is 37.9 Å². The first-order valence-electron chi connectivity index (χ1n) is 6.65. The third-order valence-corrected chi connectivity index (χ3v) is 4.43. The smallest absolute Gasteiger partial charge is 0.0306 e. The average Bonchev–Trinajstić information content (AvgIpc) is 2.42. The standard InChI is InChI=1S/C15H20N2/c1-2-14(13-4-3-7-16-11-13)15-10-12-5-8-17(15)9-6-12/h2-4,7,11-12,14-15H,1,5-6,8-10H2. The Morgan fingerprint density at radius 1 is 1.41 bits per heavy atom. The number of rotatable bonds is 3. The second-order valence-corrected chi connectivity index (χ2v) is 5.33. The van der Waals surface area contributed by atoms with E-state index in [0.717, 1.165) is 5.92 Å². The Morgan fingerprint density at radius 3 is 2.76 bits per heavy atom. The molecular weight excluding hydrogens is 208 g/mol. The Hall–Kier alpha value is -1.15. The van der Waals surface area contributed by atoms with Gasteiger partial charge in [-0.2, -0.15) is 0 Å². The molecule has 2 unspecified atom stereocenters. The Bertz CT molecular complexity index is 379. The van der Waals surface area contributed by atoms with Gasteiger partial charge in [-0.25, -0.2) is 0 Å². The van der Waals surface area contributed by atoms with Crippen molar-refractivity contribution in [3.05, 3.63) is 42.7 Å². The van der Waals surface area contributed by atoms with Gasteiger partial charge in [-0.1, -0.05) is 12.1 Å². The highest BCUT2D eigenvalue weighted by molar-refractivity contribution is 5.23. The van der Waals surface area contributed by atoms with Crippen molar-refractivity contribution < 1.29 is 0 Å². The molecule has 3 aliphatic heterocycles. The zero-order valence-corrected chi connectivity index (χ0v) is 10.3. The molecule has 3 aliphatic rings. The number of fused-ring (bicyclic) bond motifs is 3. The second kappa shape index (κ2) is 4.61. The molecule has 0 aromatic carbocycles. The van der Waals surface area contributed by atoms with Crippen molar-refractivity contribution in [3.8, 4) is 0 Å². The van der Waals surface area contributed by atoms with Crippen molar-refractivity contribution in [3.63, 3.8) is 0 Å². The van der Waals surface area contributed by atoms with Gasteiger partial charge < -0.3 is 0 Å². The average molecular weight is 228 g/mol. The largest absolute Gasteiger partial charge is 0.299 e. The van der Waals surface area contributed by atoms with Gasteiger partial charge in [0.2, 0.25) is 0 Å². The molecule has 4 heterocycles. The van der Waals surface area contributed by atoms with Crippen LogP contribution in [0.5, 0.6) is 0 Å². The minimum absolute atomic E-state index is 0.451. The molecule has 0 amide bonds. The summed E-state index contributed by atoms with van der Waals surface area (Å²) in [6, 6.07) is 4.87. The summed E-state index contributed by atoms with van der Waals surface area (Å²) in [4.78, 5) is 6.90. The molecule has 0 radical (unpaired) electrons. The highest BCUT2D eigenvalue weighted by atomic mass is 15.2. The molecule has 90 valence electrons. The maximum Gasteiger partial charge on any atom is 0.0306 e. The van der Waals surface area contributed by atoms with Crippen molar-refractivity contribution in [1.82, 2.24) is 9.88 Å². The van der Waals surface area contributed by atoms with Gasteiger partial charge in [0, 0.05) is 24.4 Å². The lowest BCUT2D eigenvalue weighted by molar-refractivity contribution is 0.0423. The molecule has 0 N–H and O–H groups in total. The van der Waals surface area contributed by atoms with E-state index >= 15 is 0 Å². The predicted molar refractivity (Wildman–Crippen MR) is 69.9 cm³/mol. The van der Waals surface area contributed by atoms with Crippen LogP contribution in [0.3, 0.4) is 0 Å². The summed E-state index contributed by atoms with van der Waals surface area (Å²) in [6.45, 7) is 6.60. The van der Waals surface area contributed by atoms with Gasteiger partial charge in [-0.3, -0.25) is 9.88 Å². The molecule has 4 rings (SSSR count). The number of hydrogen-bond acceptors (Lipinski definition) is 2. The summed E-state index contributed by atoms with van der Waals surface area (Å²) < 4.78 is 0. The highest BCUT2D eigenvalue weighted by Gasteiger charge is 2.37. The van der Waals surface area contributed by atoms with Crippen LogP contribution < -0.4 is 0 Å². The summed E-state index contributed by atoms with van der Waals surface area (Å²) in [5.41, 5.74) is 1.32. The third kappa shape index (κ3) is 2.02. The molecular formula is C15H20N2. The van der Waals surface area contributed by atoms with E-state index in [1.54, 1.807) is 0 Å². The van der Waals surface area contributed by atoms with Crippen molar-refractivity contribution in [2.75, 3.05) is 13.1 Å². The lowest BCUT2D eigenvalue weighted by Gasteiger charge is -2.48. The zero-order chi connectivity index (χ0) is 11.7. The van der Waals surface area contributed by atoms with Crippen LogP contribution in [0.25, 0.3) is 0 Å². The molecule has 2 atom stereocenters.